The number of allylic oxidation sites excluding steroid dienone is 2. The van der Waals surface area contributed by atoms with Crippen LogP contribution < -0.4 is 15.4 Å². The molecule has 0 saturated carbocycles. The van der Waals surface area contributed by atoms with Gasteiger partial charge >= 0.3 is 0 Å². The molecular weight excluding hydrogens is 202 g/mol. The molecule has 86 valence electrons. The first-order chi connectivity index (χ1) is 7.72. The number of anilines is 2. The predicted molar refractivity (Wildman–Crippen MR) is 67.3 cm³/mol. The van der Waals surface area contributed by atoms with Crippen molar-refractivity contribution in [3.8, 4) is 5.88 Å². The van der Waals surface area contributed by atoms with Crippen molar-refractivity contribution in [1.29, 1.82) is 0 Å². The van der Waals surface area contributed by atoms with Crippen molar-refractivity contribution in [2.75, 3.05) is 17.7 Å². The van der Waals surface area contributed by atoms with Crippen molar-refractivity contribution in [1.82, 2.24) is 4.98 Å². The molecule has 0 fully saturated rings. The molecule has 16 heavy (non-hydrogen) atoms. The fourth-order valence-electron chi connectivity index (χ4n) is 1.27. The zero-order chi connectivity index (χ0) is 12.0. The van der Waals surface area contributed by atoms with E-state index in [2.05, 4.69) is 4.98 Å². The van der Waals surface area contributed by atoms with Gasteiger partial charge in [0.1, 0.15) is 0 Å². The average molecular weight is 219 g/mol. The number of nitrogens with two attached hydrogens (primary N) is 1. The monoisotopic (exact) mass is 219 g/mol. The summed E-state index contributed by atoms with van der Waals surface area (Å²) in [5, 5.41) is 0. The van der Waals surface area contributed by atoms with E-state index in [1.54, 1.807) is 19.2 Å². The quantitative estimate of drug-likeness (QED) is 0.845. The first-order valence-electron chi connectivity index (χ1n) is 5.07. The fourth-order valence-corrected chi connectivity index (χ4v) is 1.27. The van der Waals surface area contributed by atoms with Crippen LogP contribution in [-0.4, -0.2) is 12.1 Å². The van der Waals surface area contributed by atoms with Crippen LogP contribution in [0.1, 0.15) is 13.8 Å². The van der Waals surface area contributed by atoms with Gasteiger partial charge < -0.3 is 15.4 Å². The van der Waals surface area contributed by atoms with Crippen LogP contribution in [0, 0.1) is 0 Å². The number of aromatic nitrogens is 1. The van der Waals surface area contributed by atoms with E-state index in [1.807, 2.05) is 43.3 Å². The number of pyridine rings is 1. The van der Waals surface area contributed by atoms with Crippen LogP contribution in [0.25, 0.3) is 0 Å². The lowest BCUT2D eigenvalue weighted by Crippen LogP contribution is -2.11. The summed E-state index contributed by atoms with van der Waals surface area (Å²) in [6.07, 6.45) is 7.61. The molecule has 0 unspecified atom stereocenters. The lowest BCUT2D eigenvalue weighted by molar-refractivity contribution is 0.398. The molecule has 4 nitrogen and oxygen atoms in total. The Morgan fingerprint density at radius 1 is 1.25 bits per heavy atom. The Labute approximate surface area is 96.0 Å². The second-order valence-electron chi connectivity index (χ2n) is 3.14. The van der Waals surface area contributed by atoms with Gasteiger partial charge in [-0.05, 0) is 19.9 Å². The molecule has 1 heterocycles. The Morgan fingerprint density at radius 2 is 1.88 bits per heavy atom. The highest BCUT2D eigenvalue weighted by atomic mass is 16.5. The normalized spacial score (nSPS) is 11.2. The fraction of sp³-hybridized carbons (Fsp3) is 0.250. The van der Waals surface area contributed by atoms with Crippen molar-refractivity contribution in [2.45, 2.75) is 13.8 Å². The molecule has 0 radical (unpaired) electrons. The Balaban J connectivity index is 3.16. The van der Waals surface area contributed by atoms with E-state index in [-0.39, 0.29) is 0 Å². The molecule has 0 aliphatic heterocycles. The summed E-state index contributed by atoms with van der Waals surface area (Å²) in [6.45, 7) is 3.87. The van der Waals surface area contributed by atoms with Crippen LogP contribution in [-0.2, 0) is 0 Å². The maximum absolute atomic E-state index is 5.88. The number of hydrogen-bond acceptors (Lipinski definition) is 4. The second-order valence-corrected chi connectivity index (χ2v) is 3.14. The summed E-state index contributed by atoms with van der Waals surface area (Å²) in [6, 6.07) is 3.52. The van der Waals surface area contributed by atoms with Gasteiger partial charge in [0.2, 0.25) is 5.88 Å². The Morgan fingerprint density at radius 3 is 2.38 bits per heavy atom. The number of nitrogens with zero attached hydrogens (tertiary/aromatic N) is 2. The SMILES string of the molecule is CC=CN(C=CC)c1nc(OC)ccc1N. The van der Waals surface area contributed by atoms with Gasteiger partial charge in [-0.25, -0.2) is 0 Å². The Hall–Kier alpha value is -1.97. The lowest BCUT2D eigenvalue weighted by atomic mass is 10.3. The van der Waals surface area contributed by atoms with Gasteiger partial charge in [-0.1, -0.05) is 12.2 Å². The van der Waals surface area contributed by atoms with Crippen molar-refractivity contribution < 1.29 is 4.74 Å². The maximum Gasteiger partial charge on any atom is 0.215 e. The maximum atomic E-state index is 5.88. The predicted octanol–water partition coefficient (Wildman–Crippen LogP) is 2.55. The molecule has 0 atom stereocenters. The molecule has 4 heteroatoms. The molecule has 0 aliphatic carbocycles. The van der Waals surface area contributed by atoms with E-state index in [1.165, 1.54) is 0 Å². The smallest absolute Gasteiger partial charge is 0.215 e. The molecule has 0 amide bonds. The molecule has 1 aromatic heterocycles. The van der Waals surface area contributed by atoms with Crippen molar-refractivity contribution in [3.63, 3.8) is 0 Å². The summed E-state index contributed by atoms with van der Waals surface area (Å²) in [5.41, 5.74) is 6.49. The molecule has 0 aliphatic rings. The van der Waals surface area contributed by atoms with Crippen molar-refractivity contribution >= 4 is 11.5 Å². The minimum absolute atomic E-state index is 0.545. The molecular formula is C12H17N3O. The summed E-state index contributed by atoms with van der Waals surface area (Å²) in [4.78, 5) is 6.15. The first kappa shape index (κ1) is 12.1. The van der Waals surface area contributed by atoms with Gasteiger partial charge in [-0.15, -0.1) is 0 Å². The van der Waals surface area contributed by atoms with E-state index in [4.69, 9.17) is 10.5 Å². The van der Waals surface area contributed by atoms with E-state index >= 15 is 0 Å². The number of hydrogen-bond donors (Lipinski definition) is 1. The Kier molecular flexibility index (Phi) is 4.39. The van der Waals surface area contributed by atoms with Gasteiger partial charge in [0.05, 0.1) is 12.8 Å². The molecule has 0 bridgehead atoms. The zero-order valence-electron chi connectivity index (χ0n) is 9.84. The Bertz CT molecular complexity index is 387. The van der Waals surface area contributed by atoms with Crippen LogP contribution in [0.2, 0.25) is 0 Å². The zero-order valence-corrected chi connectivity index (χ0v) is 9.84. The van der Waals surface area contributed by atoms with Crippen LogP contribution >= 0.6 is 0 Å². The molecule has 1 rings (SSSR count). The summed E-state index contributed by atoms with van der Waals surface area (Å²) < 4.78 is 5.07. The van der Waals surface area contributed by atoms with E-state index < -0.39 is 0 Å². The standard InChI is InChI=1S/C12H17N3O/c1-4-8-15(9-5-2)12-10(13)6-7-11(14-12)16-3/h4-9H,13H2,1-3H3. The minimum Gasteiger partial charge on any atom is -0.481 e. The average Bonchev–Trinajstić information content (AvgIpc) is 2.29. The lowest BCUT2D eigenvalue weighted by Gasteiger charge is -2.16. The molecule has 2 N–H and O–H groups in total. The third-order valence-electron chi connectivity index (χ3n) is 1.95. The highest BCUT2D eigenvalue weighted by molar-refractivity contribution is 5.66. The van der Waals surface area contributed by atoms with Crippen LogP contribution in [0.3, 0.4) is 0 Å². The van der Waals surface area contributed by atoms with Crippen molar-refractivity contribution in [2.24, 2.45) is 0 Å². The minimum atomic E-state index is 0.545. The van der Waals surface area contributed by atoms with Gasteiger partial charge in [0.25, 0.3) is 0 Å². The van der Waals surface area contributed by atoms with Gasteiger partial charge in [0.15, 0.2) is 5.82 Å². The number of nitrogen functional groups attached to an aromatic ring is 1. The largest absolute Gasteiger partial charge is 0.481 e. The van der Waals surface area contributed by atoms with Crippen LogP contribution in [0.4, 0.5) is 11.5 Å². The third-order valence-corrected chi connectivity index (χ3v) is 1.95. The molecule has 0 saturated heterocycles. The first-order valence-corrected chi connectivity index (χ1v) is 5.07. The second kappa shape index (κ2) is 5.80. The van der Waals surface area contributed by atoms with Crippen LogP contribution in [0.5, 0.6) is 5.88 Å². The molecule has 0 aromatic carbocycles. The van der Waals surface area contributed by atoms with E-state index in [0.29, 0.717) is 17.4 Å². The van der Waals surface area contributed by atoms with Crippen molar-refractivity contribution in [3.05, 3.63) is 36.7 Å². The van der Waals surface area contributed by atoms with Gasteiger partial charge in [-0.2, -0.15) is 4.98 Å². The number of rotatable bonds is 4. The topological polar surface area (TPSA) is 51.4 Å². The number of ether oxygens (including phenoxy) is 1. The van der Waals surface area contributed by atoms with Crippen LogP contribution in [0.15, 0.2) is 36.7 Å². The van der Waals surface area contributed by atoms with Gasteiger partial charge in [0, 0.05) is 18.5 Å². The third kappa shape index (κ3) is 2.76. The van der Waals surface area contributed by atoms with E-state index in [0.717, 1.165) is 0 Å². The molecule has 1 aromatic rings. The summed E-state index contributed by atoms with van der Waals surface area (Å²) in [5.74, 6) is 1.21. The highest BCUT2D eigenvalue weighted by Gasteiger charge is 2.07. The highest BCUT2D eigenvalue weighted by Crippen LogP contribution is 2.24. The van der Waals surface area contributed by atoms with Gasteiger partial charge in [-0.3, -0.25) is 0 Å². The summed E-state index contributed by atoms with van der Waals surface area (Å²) in [7, 11) is 1.58. The van der Waals surface area contributed by atoms with E-state index in [9.17, 15) is 0 Å². The number of methoxy groups -OCH3 is 1. The summed E-state index contributed by atoms with van der Waals surface area (Å²) >= 11 is 0. The molecule has 0 spiro atoms.